The van der Waals surface area contributed by atoms with Crippen LogP contribution in [0.4, 0.5) is 5.69 Å². The number of hydrogen-bond acceptors (Lipinski definition) is 7. The third-order valence-corrected chi connectivity index (χ3v) is 7.61. The van der Waals surface area contributed by atoms with Gasteiger partial charge in [0.2, 0.25) is 0 Å². The molecule has 0 atom stereocenters. The molecular formula is C38H44N2O5. The zero-order valence-electron chi connectivity index (χ0n) is 27.2. The number of benzene rings is 3. The minimum absolute atomic E-state index is 0.00188. The first-order valence-electron chi connectivity index (χ1n) is 15.8. The van der Waals surface area contributed by atoms with Crippen LogP contribution in [0.3, 0.4) is 0 Å². The Morgan fingerprint density at radius 3 is 1.91 bits per heavy atom. The Balaban J connectivity index is 0.000000154. The van der Waals surface area contributed by atoms with E-state index in [2.05, 4.69) is 10.3 Å². The van der Waals surface area contributed by atoms with Crippen molar-refractivity contribution in [3.63, 3.8) is 0 Å². The van der Waals surface area contributed by atoms with Gasteiger partial charge in [0, 0.05) is 41.4 Å². The first kappa shape index (κ1) is 33.4. The van der Waals surface area contributed by atoms with Gasteiger partial charge in [0.1, 0.15) is 12.4 Å². The molecule has 0 bridgehead atoms. The van der Waals surface area contributed by atoms with Crippen molar-refractivity contribution in [2.75, 3.05) is 25.1 Å². The molecule has 3 aromatic carbocycles. The number of aryl methyl sites for hydroxylation is 1. The number of carbonyl (C=O) groups excluding carboxylic acids is 3. The molecule has 236 valence electrons. The molecule has 2 aliphatic rings. The smallest absolute Gasteiger partial charge is 0.169 e. The molecule has 0 saturated heterocycles. The number of pyridine rings is 1. The third kappa shape index (κ3) is 8.15. The Labute approximate surface area is 266 Å². The topological polar surface area (TPSA) is 94.6 Å². The number of ether oxygens (including phenoxy) is 2. The lowest BCUT2D eigenvalue weighted by Crippen LogP contribution is -2.21. The predicted octanol–water partition coefficient (Wildman–Crippen LogP) is 8.25. The number of nitrogens with one attached hydrogen (secondary N) is 1. The molecule has 3 heterocycles. The maximum absolute atomic E-state index is 11.9. The fourth-order valence-corrected chi connectivity index (χ4v) is 5.18. The van der Waals surface area contributed by atoms with Gasteiger partial charge in [0.25, 0.3) is 0 Å². The number of Topliss-reactive ketones (excluding diaryl/α,β-unsaturated/α-hetero) is 3. The minimum atomic E-state index is 0.00188. The fourth-order valence-electron chi connectivity index (χ4n) is 5.18. The molecule has 0 radical (unpaired) electrons. The molecule has 4 aromatic rings. The highest BCUT2D eigenvalue weighted by molar-refractivity contribution is 6.07. The van der Waals surface area contributed by atoms with E-state index >= 15 is 0 Å². The SMILES string of the molecule is CC(C)C(=O)c1cccc2c1OCCC2.CC(C)C(=O)c1cccc2c1OCCN2.CC(C)C(=O)c1cccc2cccnc12. The largest absolute Gasteiger partial charge is 0.493 e. The summed E-state index contributed by atoms with van der Waals surface area (Å²) in [5.74, 6) is 2.04. The molecule has 0 spiro atoms. The first-order valence-corrected chi connectivity index (χ1v) is 15.8. The summed E-state index contributed by atoms with van der Waals surface area (Å²) in [4.78, 5) is 40.0. The monoisotopic (exact) mass is 608 g/mol. The first-order chi connectivity index (χ1) is 21.6. The zero-order chi connectivity index (χ0) is 32.5. The normalized spacial score (nSPS) is 13.2. The highest BCUT2D eigenvalue weighted by Gasteiger charge is 2.22. The average molecular weight is 609 g/mol. The Bertz CT molecular complexity index is 1580. The van der Waals surface area contributed by atoms with Gasteiger partial charge in [-0.1, -0.05) is 77.9 Å². The summed E-state index contributed by atoms with van der Waals surface area (Å²) in [7, 11) is 0. The van der Waals surface area contributed by atoms with Gasteiger partial charge < -0.3 is 14.8 Å². The maximum atomic E-state index is 11.9. The van der Waals surface area contributed by atoms with Crippen molar-refractivity contribution in [3.8, 4) is 11.5 Å². The predicted molar refractivity (Wildman–Crippen MR) is 180 cm³/mol. The lowest BCUT2D eigenvalue weighted by atomic mass is 9.95. The second-order valence-electron chi connectivity index (χ2n) is 12.1. The molecule has 2 aliphatic heterocycles. The second kappa shape index (κ2) is 15.5. The summed E-state index contributed by atoms with van der Waals surface area (Å²) in [6, 6.07) is 21.1. The quantitative estimate of drug-likeness (QED) is 0.220. The molecule has 45 heavy (non-hydrogen) atoms. The van der Waals surface area contributed by atoms with Gasteiger partial charge >= 0.3 is 0 Å². The summed E-state index contributed by atoms with van der Waals surface area (Å²) >= 11 is 0. The van der Waals surface area contributed by atoms with Crippen LogP contribution in [0, 0.1) is 17.8 Å². The number of hydrogen-bond donors (Lipinski definition) is 1. The van der Waals surface area contributed by atoms with Crippen LogP contribution in [0.1, 0.15) is 84.6 Å². The van der Waals surface area contributed by atoms with Crippen LogP contribution in [-0.2, 0) is 6.42 Å². The highest BCUT2D eigenvalue weighted by atomic mass is 16.5. The van der Waals surface area contributed by atoms with Crippen molar-refractivity contribution in [2.24, 2.45) is 17.8 Å². The number of aromatic nitrogens is 1. The molecule has 0 fully saturated rings. The van der Waals surface area contributed by atoms with Gasteiger partial charge in [-0.15, -0.1) is 0 Å². The van der Waals surface area contributed by atoms with E-state index in [1.165, 1.54) is 5.56 Å². The van der Waals surface area contributed by atoms with Gasteiger partial charge in [-0.3, -0.25) is 19.4 Å². The van der Waals surface area contributed by atoms with Gasteiger partial charge in [0.05, 0.1) is 28.9 Å². The van der Waals surface area contributed by atoms with Crippen molar-refractivity contribution in [3.05, 3.63) is 95.2 Å². The van der Waals surface area contributed by atoms with Crippen molar-refractivity contribution >= 4 is 33.9 Å². The Morgan fingerprint density at radius 1 is 0.667 bits per heavy atom. The van der Waals surface area contributed by atoms with E-state index < -0.39 is 0 Å². The number of nitrogens with zero attached hydrogens (tertiary/aromatic N) is 1. The summed E-state index contributed by atoms with van der Waals surface area (Å²) in [5, 5.41) is 4.24. The van der Waals surface area contributed by atoms with E-state index in [0.717, 1.165) is 59.5 Å². The van der Waals surface area contributed by atoms with Gasteiger partial charge in [-0.2, -0.15) is 0 Å². The van der Waals surface area contributed by atoms with E-state index in [4.69, 9.17) is 9.47 Å². The van der Waals surface area contributed by atoms with Crippen molar-refractivity contribution in [2.45, 2.75) is 54.4 Å². The molecule has 0 saturated carbocycles. The second-order valence-corrected chi connectivity index (χ2v) is 12.1. The third-order valence-electron chi connectivity index (χ3n) is 7.61. The summed E-state index contributed by atoms with van der Waals surface area (Å²) in [6.07, 6.45) is 3.79. The minimum Gasteiger partial charge on any atom is -0.493 e. The van der Waals surface area contributed by atoms with Gasteiger partial charge in [0.15, 0.2) is 23.1 Å². The summed E-state index contributed by atoms with van der Waals surface area (Å²) in [6.45, 7) is 13.6. The van der Waals surface area contributed by atoms with Crippen LogP contribution >= 0.6 is 0 Å². The number of rotatable bonds is 6. The van der Waals surface area contributed by atoms with E-state index in [1.54, 1.807) is 6.20 Å². The van der Waals surface area contributed by atoms with Crippen LogP contribution in [0.15, 0.2) is 72.9 Å². The van der Waals surface area contributed by atoms with E-state index in [1.807, 2.05) is 108 Å². The van der Waals surface area contributed by atoms with E-state index in [0.29, 0.717) is 17.9 Å². The number of fused-ring (bicyclic) bond motifs is 3. The fraction of sp³-hybridized carbons (Fsp3) is 0.368. The van der Waals surface area contributed by atoms with Crippen molar-refractivity contribution in [1.82, 2.24) is 4.98 Å². The lowest BCUT2D eigenvalue weighted by molar-refractivity contribution is 0.0927. The number of para-hydroxylation sites is 3. The molecule has 0 aliphatic carbocycles. The van der Waals surface area contributed by atoms with Crippen LogP contribution in [0.5, 0.6) is 11.5 Å². The Hall–Kier alpha value is -4.52. The maximum Gasteiger partial charge on any atom is 0.169 e. The van der Waals surface area contributed by atoms with Crippen LogP contribution in [0.25, 0.3) is 10.9 Å². The van der Waals surface area contributed by atoms with Crippen LogP contribution in [-0.4, -0.2) is 42.1 Å². The lowest BCUT2D eigenvalue weighted by Gasteiger charge is -2.21. The molecule has 0 amide bonds. The zero-order valence-corrected chi connectivity index (χ0v) is 27.2. The molecule has 7 heteroatoms. The number of anilines is 1. The molecule has 0 unspecified atom stereocenters. The van der Waals surface area contributed by atoms with E-state index in [-0.39, 0.29) is 35.1 Å². The molecule has 6 rings (SSSR count). The van der Waals surface area contributed by atoms with Crippen molar-refractivity contribution < 1.29 is 23.9 Å². The number of carbonyl (C=O) groups is 3. The Kier molecular flexibility index (Phi) is 11.5. The number of ketones is 3. The van der Waals surface area contributed by atoms with Crippen molar-refractivity contribution in [1.29, 1.82) is 0 Å². The molecule has 1 aromatic heterocycles. The molecular weight excluding hydrogens is 564 g/mol. The van der Waals surface area contributed by atoms with Gasteiger partial charge in [-0.25, -0.2) is 0 Å². The summed E-state index contributed by atoms with van der Waals surface area (Å²) < 4.78 is 11.1. The standard InChI is InChI=1S/C13H13NO.C13H16O2.C12H15NO2/c1-9(2)13(15)11-7-3-5-10-6-4-8-14-12(10)11;1-9(2)12(14)11-7-3-5-10-6-4-8-15-13(10)11;1-8(2)11(14)9-4-3-5-10-12(9)15-7-6-13-10/h3-9H,1-2H3;3,5,7,9H,4,6,8H2,1-2H3;3-5,8,13H,6-7H2,1-2H3. The summed E-state index contributed by atoms with van der Waals surface area (Å²) in [5.41, 5.74) is 5.07. The highest BCUT2D eigenvalue weighted by Crippen LogP contribution is 2.33. The Morgan fingerprint density at radius 2 is 1.22 bits per heavy atom. The molecule has 1 N–H and O–H groups in total. The molecule has 7 nitrogen and oxygen atoms in total. The van der Waals surface area contributed by atoms with Crippen LogP contribution < -0.4 is 14.8 Å². The van der Waals surface area contributed by atoms with Crippen LogP contribution in [0.2, 0.25) is 0 Å². The van der Waals surface area contributed by atoms with E-state index in [9.17, 15) is 14.4 Å². The average Bonchev–Trinajstić information content (AvgIpc) is 3.07. The van der Waals surface area contributed by atoms with Gasteiger partial charge in [-0.05, 0) is 48.7 Å².